The van der Waals surface area contributed by atoms with Gasteiger partial charge in [0.05, 0.1) is 14.2 Å². The first kappa shape index (κ1) is 18.9. The fraction of sp³-hybridized carbons (Fsp3) is 0.500. The average Bonchev–Trinajstić information content (AvgIpc) is 2.66. The van der Waals surface area contributed by atoms with Crippen LogP contribution in [-0.4, -0.2) is 47.6 Å². The first-order chi connectivity index (χ1) is 12.6. The molecule has 1 aliphatic heterocycles. The lowest BCUT2D eigenvalue weighted by Gasteiger charge is -2.33. The molecule has 2 heterocycles. The monoisotopic (exact) mass is 378 g/mol. The maximum atomic E-state index is 10.6. The van der Waals surface area contributed by atoms with Crippen LogP contribution in [-0.2, 0) is 11.3 Å². The standard InChI is InChI=1S/C18H25N3O4S/c1-24-16-11-14-4-7-19-18(15(14)12-17(16)25-2)21-9-5-13(6-10-21)3-8-20-26(22)23/h4,7,11-13,20H,3,5-6,8-10H2,1-2H3,(H,22,23)/p-1. The molecule has 1 aromatic heterocycles. The van der Waals surface area contributed by atoms with Crippen LogP contribution in [0.5, 0.6) is 11.5 Å². The molecule has 3 rings (SSSR count). The second-order valence-electron chi connectivity index (χ2n) is 6.41. The van der Waals surface area contributed by atoms with Crippen LogP contribution in [0.25, 0.3) is 10.8 Å². The molecule has 1 aromatic carbocycles. The van der Waals surface area contributed by atoms with Crippen LogP contribution in [0.1, 0.15) is 19.3 Å². The van der Waals surface area contributed by atoms with E-state index in [1.165, 1.54) is 0 Å². The molecule has 1 N–H and O–H groups in total. The Balaban J connectivity index is 1.74. The van der Waals surface area contributed by atoms with Crippen molar-refractivity contribution >= 4 is 27.9 Å². The van der Waals surface area contributed by atoms with E-state index in [-0.39, 0.29) is 0 Å². The molecule has 0 saturated carbocycles. The number of nitrogens with zero attached hydrogens (tertiary/aromatic N) is 2. The quantitative estimate of drug-likeness (QED) is 0.744. The highest BCUT2D eigenvalue weighted by molar-refractivity contribution is 7.77. The van der Waals surface area contributed by atoms with Crippen LogP contribution in [0.15, 0.2) is 24.4 Å². The molecule has 0 amide bonds. The SMILES string of the molecule is COc1cc2ccnc(N3CCC(CCNS(=O)[O-])CC3)c2cc1OC. The third kappa shape index (κ3) is 4.25. The topological polar surface area (TPSA) is 86.8 Å². The van der Waals surface area contributed by atoms with E-state index < -0.39 is 11.3 Å². The molecule has 0 spiro atoms. The van der Waals surface area contributed by atoms with Gasteiger partial charge in [0.2, 0.25) is 0 Å². The molecule has 1 fully saturated rings. The van der Waals surface area contributed by atoms with Crippen LogP contribution in [0.3, 0.4) is 0 Å². The number of aromatic nitrogens is 1. The molecule has 1 saturated heterocycles. The highest BCUT2D eigenvalue weighted by Crippen LogP contribution is 2.36. The normalized spacial score (nSPS) is 16.7. The number of piperidine rings is 1. The molecule has 1 atom stereocenters. The summed E-state index contributed by atoms with van der Waals surface area (Å²) in [5, 5.41) is 2.11. The van der Waals surface area contributed by atoms with Gasteiger partial charge in [0.15, 0.2) is 11.5 Å². The maximum absolute atomic E-state index is 10.6. The lowest BCUT2D eigenvalue weighted by atomic mass is 9.93. The van der Waals surface area contributed by atoms with Crippen molar-refractivity contribution in [2.24, 2.45) is 5.92 Å². The summed E-state index contributed by atoms with van der Waals surface area (Å²) in [6, 6.07) is 5.93. The zero-order chi connectivity index (χ0) is 18.5. The lowest BCUT2D eigenvalue weighted by Crippen LogP contribution is -2.35. The van der Waals surface area contributed by atoms with Gasteiger partial charge in [-0.1, -0.05) is 0 Å². The molecule has 0 bridgehead atoms. The number of methoxy groups -OCH3 is 2. The van der Waals surface area contributed by atoms with Gasteiger partial charge in [0.25, 0.3) is 0 Å². The Labute approximate surface area is 156 Å². The smallest absolute Gasteiger partial charge is 0.161 e. The fourth-order valence-corrected chi connectivity index (χ4v) is 3.80. The Morgan fingerprint density at radius 2 is 1.96 bits per heavy atom. The summed E-state index contributed by atoms with van der Waals surface area (Å²) in [6.07, 6.45) is 4.75. The van der Waals surface area contributed by atoms with Crippen LogP contribution in [0.2, 0.25) is 0 Å². The van der Waals surface area contributed by atoms with Gasteiger partial charge in [-0.3, -0.25) is 4.21 Å². The first-order valence-corrected chi connectivity index (χ1v) is 9.78. The Morgan fingerprint density at radius 1 is 1.27 bits per heavy atom. The average molecular weight is 378 g/mol. The Kier molecular flexibility index (Phi) is 6.29. The number of hydrogen-bond acceptors (Lipinski definition) is 6. The number of benzene rings is 1. The van der Waals surface area contributed by atoms with Crippen molar-refractivity contribution in [2.45, 2.75) is 19.3 Å². The first-order valence-electron chi connectivity index (χ1n) is 8.71. The van der Waals surface area contributed by atoms with Gasteiger partial charge in [-0.25, -0.2) is 9.71 Å². The zero-order valence-electron chi connectivity index (χ0n) is 15.1. The summed E-state index contributed by atoms with van der Waals surface area (Å²) < 4.78 is 34.4. The second-order valence-corrected chi connectivity index (χ2v) is 7.17. The minimum Gasteiger partial charge on any atom is -0.760 e. The molecule has 0 aliphatic carbocycles. The van der Waals surface area contributed by atoms with E-state index in [2.05, 4.69) is 14.6 Å². The van der Waals surface area contributed by atoms with Gasteiger partial charge in [-0.2, -0.15) is 0 Å². The third-order valence-corrected chi connectivity index (χ3v) is 5.37. The van der Waals surface area contributed by atoms with Crippen molar-refractivity contribution in [3.05, 3.63) is 24.4 Å². The van der Waals surface area contributed by atoms with E-state index in [9.17, 15) is 8.76 Å². The van der Waals surface area contributed by atoms with E-state index >= 15 is 0 Å². The molecule has 7 nitrogen and oxygen atoms in total. The van der Waals surface area contributed by atoms with Gasteiger partial charge in [0.1, 0.15) is 5.82 Å². The van der Waals surface area contributed by atoms with Crippen molar-refractivity contribution in [2.75, 3.05) is 38.8 Å². The Hall–Kier alpha value is -1.90. The van der Waals surface area contributed by atoms with Crippen LogP contribution in [0, 0.1) is 5.92 Å². The number of nitrogens with one attached hydrogen (secondary N) is 1. The number of pyridine rings is 1. The van der Waals surface area contributed by atoms with E-state index in [0.29, 0.717) is 24.0 Å². The molecule has 26 heavy (non-hydrogen) atoms. The Morgan fingerprint density at radius 3 is 2.62 bits per heavy atom. The zero-order valence-corrected chi connectivity index (χ0v) is 15.9. The third-order valence-electron chi connectivity index (χ3n) is 4.93. The molecule has 1 aliphatic rings. The largest absolute Gasteiger partial charge is 0.760 e. The summed E-state index contributed by atoms with van der Waals surface area (Å²) >= 11 is -2.17. The van der Waals surface area contributed by atoms with E-state index in [1.54, 1.807) is 14.2 Å². The van der Waals surface area contributed by atoms with E-state index in [4.69, 9.17) is 9.47 Å². The summed E-state index contributed by atoms with van der Waals surface area (Å²) in [6.45, 7) is 2.32. The van der Waals surface area contributed by atoms with Crippen molar-refractivity contribution in [3.8, 4) is 11.5 Å². The van der Waals surface area contributed by atoms with Crippen molar-refractivity contribution in [3.63, 3.8) is 0 Å². The van der Waals surface area contributed by atoms with Gasteiger partial charge >= 0.3 is 0 Å². The number of hydrogen-bond donors (Lipinski definition) is 1. The second kappa shape index (κ2) is 8.66. The predicted molar refractivity (Wildman–Crippen MR) is 101 cm³/mol. The summed E-state index contributed by atoms with van der Waals surface area (Å²) in [4.78, 5) is 6.90. The van der Waals surface area contributed by atoms with E-state index in [0.717, 1.165) is 48.9 Å². The Bertz CT molecular complexity index is 778. The van der Waals surface area contributed by atoms with Crippen LogP contribution < -0.4 is 19.1 Å². The number of fused-ring (bicyclic) bond motifs is 1. The van der Waals surface area contributed by atoms with Crippen molar-refractivity contribution < 1.29 is 18.2 Å². The van der Waals surface area contributed by atoms with Crippen molar-refractivity contribution in [1.29, 1.82) is 0 Å². The van der Waals surface area contributed by atoms with Crippen LogP contribution >= 0.6 is 0 Å². The molecule has 1 unspecified atom stereocenters. The van der Waals surface area contributed by atoms with Crippen LogP contribution in [0.4, 0.5) is 5.82 Å². The highest BCUT2D eigenvalue weighted by Gasteiger charge is 2.22. The highest BCUT2D eigenvalue weighted by atomic mass is 32.2. The molecular formula is C18H24N3O4S-. The van der Waals surface area contributed by atoms with Crippen molar-refractivity contribution in [1.82, 2.24) is 9.71 Å². The summed E-state index contributed by atoms with van der Waals surface area (Å²) in [7, 11) is 3.27. The fourth-order valence-electron chi connectivity index (χ4n) is 3.52. The molecule has 0 radical (unpaired) electrons. The van der Waals surface area contributed by atoms with E-state index in [1.807, 2.05) is 24.4 Å². The minimum atomic E-state index is -2.17. The minimum absolute atomic E-state index is 0.504. The lowest BCUT2D eigenvalue weighted by molar-refractivity contribution is 0.356. The number of anilines is 1. The predicted octanol–water partition coefficient (Wildman–Crippen LogP) is 2.24. The summed E-state index contributed by atoms with van der Waals surface area (Å²) in [5.41, 5.74) is 0. The maximum Gasteiger partial charge on any atom is 0.161 e. The molecule has 8 heteroatoms. The van der Waals surface area contributed by atoms with Gasteiger partial charge in [-0.15, -0.1) is 0 Å². The number of rotatable bonds is 7. The summed E-state index contributed by atoms with van der Waals surface area (Å²) in [5.74, 6) is 2.90. The number of ether oxygens (including phenoxy) is 2. The van der Waals surface area contributed by atoms with Gasteiger partial charge in [-0.05, 0) is 48.8 Å². The van der Waals surface area contributed by atoms with Gasteiger partial charge in [0, 0.05) is 42.5 Å². The van der Waals surface area contributed by atoms with Gasteiger partial charge < -0.3 is 18.9 Å². The molecule has 2 aromatic rings. The molecular weight excluding hydrogens is 354 g/mol. The molecule has 142 valence electrons.